The third-order valence-corrected chi connectivity index (χ3v) is 4.39. The second kappa shape index (κ2) is 4.46. The normalized spacial score (nSPS) is 25.0. The molecule has 0 bridgehead atoms. The van der Waals surface area contributed by atoms with Crippen LogP contribution in [0, 0.1) is 5.92 Å². The molecule has 96 valence electrons. The van der Waals surface area contributed by atoms with Gasteiger partial charge in [0.1, 0.15) is 10.5 Å². The van der Waals surface area contributed by atoms with E-state index in [1.54, 1.807) is 0 Å². The molecule has 3 heterocycles. The van der Waals surface area contributed by atoms with Gasteiger partial charge in [-0.3, -0.25) is 9.69 Å². The molecule has 6 heteroatoms. The zero-order valence-electron chi connectivity index (χ0n) is 10.2. The fourth-order valence-corrected chi connectivity index (χ4v) is 3.16. The van der Waals surface area contributed by atoms with Crippen molar-refractivity contribution in [2.24, 2.45) is 11.7 Å². The van der Waals surface area contributed by atoms with E-state index in [1.165, 1.54) is 11.3 Å². The Kier molecular flexibility index (Phi) is 2.93. The minimum absolute atomic E-state index is 0.0402. The summed E-state index contributed by atoms with van der Waals surface area (Å²) in [5.74, 6) is 1.23. The van der Waals surface area contributed by atoms with E-state index < -0.39 is 0 Å². The Hall–Kier alpha value is -1.24. The van der Waals surface area contributed by atoms with Gasteiger partial charge in [0, 0.05) is 19.1 Å². The number of nitrogens with two attached hydrogens (primary N) is 1. The van der Waals surface area contributed by atoms with Gasteiger partial charge in [0.05, 0.1) is 12.1 Å². The first kappa shape index (κ1) is 11.8. The van der Waals surface area contributed by atoms with Crippen molar-refractivity contribution in [1.29, 1.82) is 0 Å². The van der Waals surface area contributed by atoms with Gasteiger partial charge in [0.2, 0.25) is 0 Å². The molecule has 1 aliphatic heterocycles. The Morgan fingerprint density at radius 1 is 1.61 bits per heavy atom. The van der Waals surface area contributed by atoms with E-state index in [-0.39, 0.29) is 11.6 Å². The number of nitrogens with one attached hydrogen (secondary N) is 1. The maximum absolute atomic E-state index is 11.8. The van der Waals surface area contributed by atoms with Crippen LogP contribution in [-0.4, -0.2) is 34.0 Å². The van der Waals surface area contributed by atoms with Gasteiger partial charge in [0.25, 0.3) is 5.56 Å². The monoisotopic (exact) mass is 264 g/mol. The molecular formula is C12H16N4OS. The molecule has 0 radical (unpaired) electrons. The molecule has 18 heavy (non-hydrogen) atoms. The quantitative estimate of drug-likeness (QED) is 0.840. The maximum atomic E-state index is 11.8. The van der Waals surface area contributed by atoms with Crippen LogP contribution in [-0.2, 0) is 6.54 Å². The largest absolute Gasteiger partial charge is 0.326 e. The molecule has 5 nitrogen and oxygen atoms in total. The third-order valence-electron chi connectivity index (χ3n) is 3.48. The lowest BCUT2D eigenvalue weighted by molar-refractivity contribution is 0.310. The number of aromatic amines is 1. The minimum Gasteiger partial charge on any atom is -0.326 e. The summed E-state index contributed by atoms with van der Waals surface area (Å²) in [6.07, 6.45) is 0. The van der Waals surface area contributed by atoms with Gasteiger partial charge in [-0.25, -0.2) is 4.98 Å². The van der Waals surface area contributed by atoms with Crippen LogP contribution < -0.4 is 11.3 Å². The average molecular weight is 264 g/mol. The van der Waals surface area contributed by atoms with Crippen LogP contribution in [0.5, 0.6) is 0 Å². The molecule has 0 aliphatic carbocycles. The second-order valence-corrected chi connectivity index (χ2v) is 5.90. The molecule has 0 saturated carbocycles. The minimum atomic E-state index is -0.0402. The van der Waals surface area contributed by atoms with Crippen molar-refractivity contribution in [2.75, 3.05) is 13.1 Å². The molecule has 2 aromatic heterocycles. The highest BCUT2D eigenvalue weighted by Crippen LogP contribution is 2.17. The maximum Gasteiger partial charge on any atom is 0.268 e. The highest BCUT2D eigenvalue weighted by molar-refractivity contribution is 7.17. The summed E-state index contributed by atoms with van der Waals surface area (Å²) < 4.78 is 0.699. The van der Waals surface area contributed by atoms with Crippen molar-refractivity contribution >= 4 is 21.6 Å². The van der Waals surface area contributed by atoms with Crippen molar-refractivity contribution in [3.63, 3.8) is 0 Å². The molecule has 0 spiro atoms. The van der Waals surface area contributed by atoms with E-state index in [4.69, 9.17) is 5.73 Å². The first-order valence-corrected chi connectivity index (χ1v) is 6.96. The van der Waals surface area contributed by atoms with Crippen LogP contribution in [0.25, 0.3) is 10.2 Å². The van der Waals surface area contributed by atoms with Gasteiger partial charge in [-0.05, 0) is 17.4 Å². The van der Waals surface area contributed by atoms with E-state index in [2.05, 4.69) is 21.8 Å². The van der Waals surface area contributed by atoms with Crippen LogP contribution >= 0.6 is 11.3 Å². The van der Waals surface area contributed by atoms with Crippen molar-refractivity contribution < 1.29 is 0 Å². The van der Waals surface area contributed by atoms with Gasteiger partial charge in [-0.1, -0.05) is 6.92 Å². The van der Waals surface area contributed by atoms with Gasteiger partial charge in [-0.15, -0.1) is 11.3 Å². The van der Waals surface area contributed by atoms with Crippen molar-refractivity contribution in [3.05, 3.63) is 27.6 Å². The SMILES string of the molecule is CC1CN(Cc2nc3ccsc3c(=O)[nH]2)CC1N. The van der Waals surface area contributed by atoms with Crippen molar-refractivity contribution in [1.82, 2.24) is 14.9 Å². The summed E-state index contributed by atoms with van der Waals surface area (Å²) in [7, 11) is 0. The van der Waals surface area contributed by atoms with E-state index in [1.807, 2.05) is 11.4 Å². The van der Waals surface area contributed by atoms with Crippen molar-refractivity contribution in [3.8, 4) is 0 Å². The molecule has 2 unspecified atom stereocenters. The fraction of sp³-hybridized carbons (Fsp3) is 0.500. The van der Waals surface area contributed by atoms with E-state index >= 15 is 0 Å². The summed E-state index contributed by atoms with van der Waals surface area (Å²) >= 11 is 1.43. The summed E-state index contributed by atoms with van der Waals surface area (Å²) in [4.78, 5) is 21.4. The molecule has 3 N–H and O–H groups in total. The van der Waals surface area contributed by atoms with E-state index in [9.17, 15) is 4.79 Å². The number of thiophene rings is 1. The van der Waals surface area contributed by atoms with Crippen molar-refractivity contribution in [2.45, 2.75) is 19.5 Å². The number of rotatable bonds is 2. The number of nitrogens with zero attached hydrogens (tertiary/aromatic N) is 2. The molecular weight excluding hydrogens is 248 g/mol. The molecule has 0 amide bonds. The summed E-state index contributed by atoms with van der Waals surface area (Å²) in [5.41, 5.74) is 6.74. The lowest BCUT2D eigenvalue weighted by Crippen LogP contribution is -2.29. The number of hydrogen-bond donors (Lipinski definition) is 2. The molecule has 2 aromatic rings. The average Bonchev–Trinajstić information content (AvgIpc) is 2.87. The van der Waals surface area contributed by atoms with Gasteiger partial charge >= 0.3 is 0 Å². The number of likely N-dealkylation sites (tertiary alicyclic amines) is 1. The molecule has 3 rings (SSSR count). The zero-order valence-corrected chi connectivity index (χ0v) is 11.0. The Labute approximate surface area is 109 Å². The smallest absolute Gasteiger partial charge is 0.268 e. The topological polar surface area (TPSA) is 75.0 Å². The number of H-pyrrole nitrogens is 1. The second-order valence-electron chi connectivity index (χ2n) is 4.98. The predicted molar refractivity (Wildman–Crippen MR) is 72.7 cm³/mol. The molecule has 2 atom stereocenters. The summed E-state index contributed by atoms with van der Waals surface area (Å²) in [6.45, 7) is 4.65. The Morgan fingerprint density at radius 2 is 2.44 bits per heavy atom. The molecule has 1 aliphatic rings. The number of aromatic nitrogens is 2. The summed E-state index contributed by atoms with van der Waals surface area (Å²) in [6, 6.07) is 2.11. The predicted octanol–water partition coefficient (Wildman–Crippen LogP) is 0.764. The first-order valence-electron chi connectivity index (χ1n) is 6.08. The molecule has 0 aromatic carbocycles. The molecule has 1 fully saturated rings. The zero-order chi connectivity index (χ0) is 12.7. The number of fused-ring (bicyclic) bond motifs is 1. The van der Waals surface area contributed by atoms with Gasteiger partial charge < -0.3 is 10.7 Å². The first-order chi connectivity index (χ1) is 8.63. The van der Waals surface area contributed by atoms with E-state index in [0.717, 1.165) is 24.4 Å². The van der Waals surface area contributed by atoms with Crippen LogP contribution in [0.3, 0.4) is 0 Å². The van der Waals surface area contributed by atoms with Crippen LogP contribution in [0.1, 0.15) is 12.7 Å². The molecule has 1 saturated heterocycles. The summed E-state index contributed by atoms with van der Waals surface area (Å²) in [5, 5.41) is 1.89. The van der Waals surface area contributed by atoms with Crippen LogP contribution in [0.4, 0.5) is 0 Å². The van der Waals surface area contributed by atoms with Crippen LogP contribution in [0.15, 0.2) is 16.2 Å². The Bertz CT molecular complexity index is 610. The third kappa shape index (κ3) is 2.07. The van der Waals surface area contributed by atoms with Crippen LogP contribution in [0.2, 0.25) is 0 Å². The standard InChI is InChI=1S/C12H16N4OS/c1-7-4-16(5-8(7)13)6-10-14-9-2-3-18-11(9)12(17)15-10/h2-3,7-8H,4-6,13H2,1H3,(H,14,15,17). The Morgan fingerprint density at radius 3 is 3.17 bits per heavy atom. The lowest BCUT2D eigenvalue weighted by atomic mass is 10.1. The Balaban J connectivity index is 1.85. The number of hydrogen-bond acceptors (Lipinski definition) is 5. The van der Waals surface area contributed by atoms with Gasteiger partial charge in [0.15, 0.2) is 0 Å². The van der Waals surface area contributed by atoms with Gasteiger partial charge in [-0.2, -0.15) is 0 Å². The fourth-order valence-electron chi connectivity index (χ4n) is 2.43. The van der Waals surface area contributed by atoms with E-state index in [0.29, 0.717) is 17.2 Å². The highest BCUT2D eigenvalue weighted by atomic mass is 32.1. The highest BCUT2D eigenvalue weighted by Gasteiger charge is 2.26. The lowest BCUT2D eigenvalue weighted by Gasteiger charge is -2.14.